The van der Waals surface area contributed by atoms with Crippen molar-refractivity contribution in [3.8, 4) is 0 Å². The molecule has 2 aromatic rings. The molecule has 0 aliphatic carbocycles. The maximum atomic E-state index is 5.96. The molecule has 1 fully saturated rings. The molecule has 0 aromatic heterocycles. The molecule has 0 atom stereocenters. The van der Waals surface area contributed by atoms with Gasteiger partial charge in [-0.25, -0.2) is 0 Å². The number of hydrogen-bond acceptors (Lipinski definition) is 2. The molecular formula is C17H19ClN2. The maximum Gasteiger partial charge on any atom is 0.0429 e. The second kappa shape index (κ2) is 6.29. The van der Waals surface area contributed by atoms with Crippen molar-refractivity contribution in [3.63, 3.8) is 0 Å². The smallest absolute Gasteiger partial charge is 0.0429 e. The molecule has 0 saturated carbocycles. The van der Waals surface area contributed by atoms with Gasteiger partial charge in [0, 0.05) is 42.8 Å². The van der Waals surface area contributed by atoms with E-state index in [0.29, 0.717) is 0 Å². The third-order valence-electron chi connectivity index (χ3n) is 3.75. The van der Waals surface area contributed by atoms with Crippen LogP contribution < -0.4 is 10.2 Å². The van der Waals surface area contributed by atoms with Crippen LogP contribution in [0, 0.1) is 5.92 Å². The molecule has 104 valence electrons. The number of rotatable bonds is 5. The fraction of sp³-hybridized carbons (Fsp3) is 0.294. The summed E-state index contributed by atoms with van der Waals surface area (Å²) in [7, 11) is 0. The van der Waals surface area contributed by atoms with Gasteiger partial charge in [0.1, 0.15) is 0 Å². The van der Waals surface area contributed by atoms with Crippen molar-refractivity contribution in [1.29, 1.82) is 0 Å². The van der Waals surface area contributed by atoms with Gasteiger partial charge >= 0.3 is 0 Å². The number of hydrogen-bond donors (Lipinski definition) is 1. The summed E-state index contributed by atoms with van der Waals surface area (Å²) in [5.74, 6) is 0.752. The minimum Gasteiger partial charge on any atom is -0.367 e. The van der Waals surface area contributed by atoms with E-state index < -0.39 is 0 Å². The Morgan fingerprint density at radius 1 is 1.00 bits per heavy atom. The largest absolute Gasteiger partial charge is 0.367 e. The number of halogens is 1. The van der Waals surface area contributed by atoms with Crippen LogP contribution >= 0.6 is 11.6 Å². The van der Waals surface area contributed by atoms with Crippen LogP contribution in [0.4, 0.5) is 5.69 Å². The summed E-state index contributed by atoms with van der Waals surface area (Å²) in [4.78, 5) is 2.45. The Morgan fingerprint density at radius 2 is 1.70 bits per heavy atom. The zero-order valence-corrected chi connectivity index (χ0v) is 12.2. The van der Waals surface area contributed by atoms with Crippen molar-refractivity contribution in [2.24, 2.45) is 5.92 Å². The van der Waals surface area contributed by atoms with E-state index in [1.54, 1.807) is 0 Å². The average molecular weight is 287 g/mol. The van der Waals surface area contributed by atoms with E-state index in [0.717, 1.165) is 37.1 Å². The van der Waals surface area contributed by atoms with E-state index in [9.17, 15) is 0 Å². The molecule has 3 heteroatoms. The average Bonchev–Trinajstić information content (AvgIpc) is 2.44. The first-order valence-electron chi connectivity index (χ1n) is 7.06. The zero-order chi connectivity index (χ0) is 13.8. The van der Waals surface area contributed by atoms with E-state index in [-0.39, 0.29) is 0 Å². The summed E-state index contributed by atoms with van der Waals surface area (Å²) in [5, 5.41) is 4.14. The Kier molecular flexibility index (Phi) is 4.24. The summed E-state index contributed by atoms with van der Waals surface area (Å²) >= 11 is 5.96. The third kappa shape index (κ3) is 3.33. The van der Waals surface area contributed by atoms with Gasteiger partial charge in [0.2, 0.25) is 0 Å². The molecule has 20 heavy (non-hydrogen) atoms. The number of nitrogens with one attached hydrogen (secondary N) is 1. The predicted molar refractivity (Wildman–Crippen MR) is 85.3 cm³/mol. The first-order chi connectivity index (χ1) is 9.81. The van der Waals surface area contributed by atoms with Crippen LogP contribution in [0.25, 0.3) is 0 Å². The fourth-order valence-corrected chi connectivity index (χ4v) is 2.63. The number of nitrogens with zero attached hydrogens (tertiary/aromatic N) is 1. The molecule has 0 amide bonds. The van der Waals surface area contributed by atoms with Gasteiger partial charge in [-0.2, -0.15) is 0 Å². The van der Waals surface area contributed by atoms with Gasteiger partial charge in [-0.1, -0.05) is 41.9 Å². The molecular weight excluding hydrogens is 268 g/mol. The quantitative estimate of drug-likeness (QED) is 0.904. The van der Waals surface area contributed by atoms with Crippen LogP contribution in [0.3, 0.4) is 0 Å². The van der Waals surface area contributed by atoms with Gasteiger partial charge in [0.25, 0.3) is 0 Å². The summed E-state index contributed by atoms with van der Waals surface area (Å²) in [6.45, 7) is 4.28. The number of benzene rings is 2. The molecule has 0 radical (unpaired) electrons. The van der Waals surface area contributed by atoms with Gasteiger partial charge in [0.05, 0.1) is 0 Å². The van der Waals surface area contributed by atoms with Crippen LogP contribution in [0.2, 0.25) is 5.02 Å². The lowest BCUT2D eigenvalue weighted by Crippen LogP contribution is -2.48. The van der Waals surface area contributed by atoms with E-state index in [4.69, 9.17) is 11.6 Å². The Balaban J connectivity index is 1.75. The van der Waals surface area contributed by atoms with Crippen LogP contribution in [-0.2, 0) is 6.54 Å². The molecule has 1 saturated heterocycles. The lowest BCUT2D eigenvalue weighted by Gasteiger charge is -2.34. The minimum atomic E-state index is 0.752. The highest BCUT2D eigenvalue weighted by molar-refractivity contribution is 6.30. The molecule has 1 heterocycles. The van der Waals surface area contributed by atoms with Gasteiger partial charge < -0.3 is 10.2 Å². The normalized spacial score (nSPS) is 14.8. The fourth-order valence-electron chi connectivity index (χ4n) is 2.50. The topological polar surface area (TPSA) is 15.3 Å². The Morgan fingerprint density at radius 3 is 2.30 bits per heavy atom. The molecule has 1 aliphatic rings. The summed E-state index contributed by atoms with van der Waals surface area (Å²) in [6, 6.07) is 18.8. The number of para-hydroxylation sites is 1. The van der Waals surface area contributed by atoms with Gasteiger partial charge in [-0.05, 0) is 29.8 Å². The van der Waals surface area contributed by atoms with Crippen LogP contribution in [0.1, 0.15) is 5.56 Å². The van der Waals surface area contributed by atoms with Crippen molar-refractivity contribution in [2.75, 3.05) is 24.5 Å². The van der Waals surface area contributed by atoms with Crippen molar-refractivity contribution < 1.29 is 0 Å². The van der Waals surface area contributed by atoms with Crippen molar-refractivity contribution in [3.05, 3.63) is 65.2 Å². The second-order valence-corrected chi connectivity index (χ2v) is 5.80. The minimum absolute atomic E-state index is 0.752. The maximum absolute atomic E-state index is 5.96. The van der Waals surface area contributed by atoms with E-state index >= 15 is 0 Å². The molecule has 1 N–H and O–H groups in total. The first-order valence-corrected chi connectivity index (χ1v) is 7.44. The predicted octanol–water partition coefficient (Wildman–Crippen LogP) is 3.57. The highest BCUT2D eigenvalue weighted by Gasteiger charge is 2.20. The molecule has 0 unspecified atom stereocenters. The highest BCUT2D eigenvalue weighted by atomic mass is 35.5. The van der Waals surface area contributed by atoms with Gasteiger partial charge in [-0.3, -0.25) is 0 Å². The van der Waals surface area contributed by atoms with Crippen molar-refractivity contribution in [2.45, 2.75) is 6.54 Å². The monoisotopic (exact) mass is 286 g/mol. The SMILES string of the molecule is Clc1ccc(CN(CC2CNC2)c2ccccc2)cc1. The molecule has 2 aromatic carbocycles. The number of anilines is 1. The third-order valence-corrected chi connectivity index (χ3v) is 4.00. The van der Waals surface area contributed by atoms with Crippen molar-refractivity contribution >= 4 is 17.3 Å². The molecule has 0 spiro atoms. The van der Waals surface area contributed by atoms with E-state index in [2.05, 4.69) is 52.7 Å². The molecule has 0 bridgehead atoms. The van der Waals surface area contributed by atoms with Crippen LogP contribution in [0.5, 0.6) is 0 Å². The molecule has 2 nitrogen and oxygen atoms in total. The lowest BCUT2D eigenvalue weighted by atomic mass is 10.0. The Hall–Kier alpha value is -1.51. The Bertz CT molecular complexity index is 535. The van der Waals surface area contributed by atoms with Gasteiger partial charge in [0.15, 0.2) is 0 Å². The van der Waals surface area contributed by atoms with Crippen LogP contribution in [0.15, 0.2) is 54.6 Å². The highest BCUT2D eigenvalue weighted by Crippen LogP contribution is 2.20. The van der Waals surface area contributed by atoms with Crippen LogP contribution in [-0.4, -0.2) is 19.6 Å². The van der Waals surface area contributed by atoms with E-state index in [1.165, 1.54) is 11.3 Å². The summed E-state index contributed by atoms with van der Waals surface area (Å²) in [6.07, 6.45) is 0. The second-order valence-electron chi connectivity index (χ2n) is 5.37. The van der Waals surface area contributed by atoms with Gasteiger partial charge in [-0.15, -0.1) is 0 Å². The Labute approximate surface area is 125 Å². The molecule has 3 rings (SSSR count). The lowest BCUT2D eigenvalue weighted by molar-refractivity contribution is 0.348. The van der Waals surface area contributed by atoms with E-state index in [1.807, 2.05) is 12.1 Å². The van der Waals surface area contributed by atoms with Crippen molar-refractivity contribution in [1.82, 2.24) is 5.32 Å². The molecule has 1 aliphatic heterocycles. The first kappa shape index (κ1) is 13.5. The standard InChI is InChI=1S/C17H19ClN2/c18-16-8-6-14(7-9-16)12-20(13-15-10-19-11-15)17-4-2-1-3-5-17/h1-9,15,19H,10-13H2. The zero-order valence-electron chi connectivity index (χ0n) is 11.4. The summed E-state index contributed by atoms with van der Waals surface area (Å²) < 4.78 is 0. The summed E-state index contributed by atoms with van der Waals surface area (Å²) in [5.41, 5.74) is 2.58.